The van der Waals surface area contributed by atoms with Crippen LogP contribution in [0.3, 0.4) is 0 Å². The van der Waals surface area contributed by atoms with Gasteiger partial charge in [-0.15, -0.1) is 0 Å². The monoisotopic (exact) mass is 345 g/mol. The van der Waals surface area contributed by atoms with Crippen molar-refractivity contribution in [3.05, 3.63) is 52.0 Å². The van der Waals surface area contributed by atoms with E-state index in [4.69, 9.17) is 33.7 Å². The molecule has 0 heterocycles. The topological polar surface area (TPSA) is 69.4 Å². The van der Waals surface area contributed by atoms with Crippen molar-refractivity contribution in [2.75, 3.05) is 12.8 Å². The number of ether oxygens (including phenoxy) is 1. The zero-order chi connectivity index (χ0) is 15.6. The minimum atomic E-state index is -3.55. The number of nitrogen functional groups attached to an aromatic ring is 1. The lowest BCUT2D eigenvalue weighted by atomic mass is 10.2. The fourth-order valence-electron chi connectivity index (χ4n) is 1.86. The maximum Gasteiger partial charge on any atom is 0.182 e. The smallest absolute Gasteiger partial charge is 0.182 e. The van der Waals surface area contributed by atoms with Crippen molar-refractivity contribution in [1.29, 1.82) is 0 Å². The number of sulfone groups is 1. The Hall–Kier alpha value is -1.43. The Balaban J connectivity index is 2.37. The van der Waals surface area contributed by atoms with Crippen molar-refractivity contribution in [3.8, 4) is 5.75 Å². The lowest BCUT2D eigenvalue weighted by Crippen LogP contribution is -2.06. The van der Waals surface area contributed by atoms with E-state index in [-0.39, 0.29) is 15.7 Å². The molecule has 0 bridgehead atoms. The molecule has 2 N–H and O–H groups in total. The average Bonchev–Trinajstić information content (AvgIpc) is 2.40. The van der Waals surface area contributed by atoms with Gasteiger partial charge < -0.3 is 10.5 Å². The molecule has 2 rings (SSSR count). The molecule has 4 nitrogen and oxygen atoms in total. The first-order valence-electron chi connectivity index (χ1n) is 5.93. The Morgan fingerprint density at radius 1 is 1.10 bits per heavy atom. The molecule has 0 fully saturated rings. The molecule has 0 aliphatic rings. The number of benzene rings is 2. The first-order valence-corrected chi connectivity index (χ1v) is 8.34. The number of halogens is 2. The molecule has 0 aliphatic carbocycles. The summed E-state index contributed by atoms with van der Waals surface area (Å²) < 4.78 is 29.9. The van der Waals surface area contributed by atoms with Crippen molar-refractivity contribution >= 4 is 38.7 Å². The van der Waals surface area contributed by atoms with Crippen LogP contribution in [0.25, 0.3) is 0 Å². The first kappa shape index (κ1) is 15.9. The summed E-state index contributed by atoms with van der Waals surface area (Å²) in [6.45, 7) is 0. The van der Waals surface area contributed by atoms with E-state index in [9.17, 15) is 8.42 Å². The molecule has 112 valence electrons. The van der Waals surface area contributed by atoms with E-state index in [1.165, 1.54) is 25.3 Å². The van der Waals surface area contributed by atoms with Gasteiger partial charge in [0.1, 0.15) is 5.75 Å². The molecule has 2 aromatic carbocycles. The highest BCUT2D eigenvalue weighted by Crippen LogP contribution is 2.27. The molecule has 0 spiro atoms. The normalized spacial score (nSPS) is 11.4. The molecule has 0 aliphatic heterocycles. The molecular weight excluding hydrogens is 333 g/mol. The van der Waals surface area contributed by atoms with E-state index >= 15 is 0 Å². The van der Waals surface area contributed by atoms with E-state index < -0.39 is 9.84 Å². The van der Waals surface area contributed by atoms with Gasteiger partial charge >= 0.3 is 0 Å². The van der Waals surface area contributed by atoms with Gasteiger partial charge in [0.2, 0.25) is 0 Å². The maximum absolute atomic E-state index is 12.4. The molecule has 0 amide bonds. The van der Waals surface area contributed by atoms with Gasteiger partial charge in [0, 0.05) is 11.8 Å². The van der Waals surface area contributed by atoms with Gasteiger partial charge in [-0.2, -0.15) is 0 Å². The Kier molecular flexibility index (Phi) is 4.66. The highest BCUT2D eigenvalue weighted by molar-refractivity contribution is 7.90. The summed E-state index contributed by atoms with van der Waals surface area (Å²) in [7, 11) is -2.06. The van der Waals surface area contributed by atoms with Crippen molar-refractivity contribution in [2.24, 2.45) is 0 Å². The number of anilines is 1. The predicted molar refractivity (Wildman–Crippen MR) is 84.8 cm³/mol. The third-order valence-electron chi connectivity index (χ3n) is 2.83. The predicted octanol–water partition coefficient (Wildman–Crippen LogP) is 3.56. The number of nitrogens with two attached hydrogens (primary N) is 1. The average molecular weight is 346 g/mol. The summed E-state index contributed by atoms with van der Waals surface area (Å²) in [5, 5.41) is 0.504. The molecule has 0 unspecified atom stereocenters. The summed E-state index contributed by atoms with van der Waals surface area (Å²) in [6, 6.07) is 9.06. The lowest BCUT2D eigenvalue weighted by Gasteiger charge is -2.08. The molecule has 21 heavy (non-hydrogen) atoms. The van der Waals surface area contributed by atoms with Crippen molar-refractivity contribution in [3.63, 3.8) is 0 Å². The molecule has 2 aromatic rings. The molecule has 7 heteroatoms. The fraction of sp³-hybridized carbons (Fsp3) is 0.143. The fourth-order valence-corrected chi connectivity index (χ4v) is 3.57. The first-order chi connectivity index (χ1) is 9.81. The molecule has 0 saturated carbocycles. The van der Waals surface area contributed by atoms with Crippen molar-refractivity contribution in [1.82, 2.24) is 0 Å². The van der Waals surface area contributed by atoms with Crippen LogP contribution >= 0.6 is 23.2 Å². The Bertz CT molecular complexity index is 776. The van der Waals surface area contributed by atoms with E-state index in [0.717, 1.165) is 0 Å². The van der Waals surface area contributed by atoms with Crippen molar-refractivity contribution in [2.45, 2.75) is 10.6 Å². The van der Waals surface area contributed by atoms with Gasteiger partial charge in [-0.05, 0) is 35.9 Å². The molecule has 0 saturated heterocycles. The Morgan fingerprint density at radius 3 is 2.43 bits per heavy atom. The van der Waals surface area contributed by atoms with Gasteiger partial charge in [0.05, 0.1) is 27.8 Å². The maximum atomic E-state index is 12.4. The van der Waals surface area contributed by atoms with Gasteiger partial charge in [-0.3, -0.25) is 0 Å². The van der Waals surface area contributed by atoms with Crippen LogP contribution in [0.5, 0.6) is 5.75 Å². The van der Waals surface area contributed by atoms with Crippen LogP contribution in [-0.4, -0.2) is 15.5 Å². The van der Waals surface area contributed by atoms with Gasteiger partial charge in [0.25, 0.3) is 0 Å². The molecule has 0 atom stereocenters. The highest BCUT2D eigenvalue weighted by Gasteiger charge is 2.17. The minimum Gasteiger partial charge on any atom is -0.497 e. The van der Waals surface area contributed by atoms with E-state index in [0.29, 0.717) is 22.0 Å². The van der Waals surface area contributed by atoms with Gasteiger partial charge in [-0.25, -0.2) is 8.42 Å². The number of hydrogen-bond acceptors (Lipinski definition) is 4. The minimum absolute atomic E-state index is 0.110. The molecule has 0 radical (unpaired) electrons. The van der Waals surface area contributed by atoms with Crippen molar-refractivity contribution < 1.29 is 13.2 Å². The highest BCUT2D eigenvalue weighted by atomic mass is 35.5. The summed E-state index contributed by atoms with van der Waals surface area (Å²) in [6.07, 6.45) is 0. The summed E-state index contributed by atoms with van der Waals surface area (Å²) in [5.74, 6) is 0.307. The Morgan fingerprint density at radius 2 is 1.81 bits per heavy atom. The van der Waals surface area contributed by atoms with Crippen LogP contribution in [0.2, 0.25) is 10.0 Å². The lowest BCUT2D eigenvalue weighted by molar-refractivity contribution is 0.414. The Labute approximate surface area is 133 Å². The molecule has 0 aromatic heterocycles. The van der Waals surface area contributed by atoms with Gasteiger partial charge in [-0.1, -0.05) is 23.2 Å². The SMILES string of the molecule is COc1cc(N)cc(CS(=O)(=O)c2ccc(Cl)c(Cl)c2)c1. The summed E-state index contributed by atoms with van der Waals surface area (Å²) >= 11 is 11.7. The zero-order valence-corrected chi connectivity index (χ0v) is 13.5. The second kappa shape index (κ2) is 6.13. The second-order valence-electron chi connectivity index (χ2n) is 4.45. The third-order valence-corrected chi connectivity index (χ3v) is 5.26. The van der Waals surface area contributed by atoms with Crippen LogP contribution in [0.1, 0.15) is 5.56 Å². The van der Waals surface area contributed by atoms with Crippen LogP contribution in [0.4, 0.5) is 5.69 Å². The standard InChI is InChI=1S/C14H13Cl2NO3S/c1-20-11-5-9(4-10(17)6-11)8-21(18,19)12-2-3-13(15)14(16)7-12/h2-7H,8,17H2,1H3. The summed E-state index contributed by atoms with van der Waals surface area (Å²) in [4.78, 5) is 0.110. The van der Waals surface area contributed by atoms with E-state index in [1.807, 2.05) is 0 Å². The zero-order valence-electron chi connectivity index (χ0n) is 11.1. The van der Waals surface area contributed by atoms with Gasteiger partial charge in [0.15, 0.2) is 9.84 Å². The summed E-state index contributed by atoms with van der Waals surface area (Å²) in [5.41, 5.74) is 6.70. The number of hydrogen-bond donors (Lipinski definition) is 1. The van der Waals surface area contributed by atoms with Crippen LogP contribution < -0.4 is 10.5 Å². The van der Waals surface area contributed by atoms with Crippen LogP contribution in [0.15, 0.2) is 41.3 Å². The van der Waals surface area contributed by atoms with Crippen LogP contribution in [0, 0.1) is 0 Å². The number of rotatable bonds is 4. The van der Waals surface area contributed by atoms with Crippen LogP contribution in [-0.2, 0) is 15.6 Å². The quantitative estimate of drug-likeness (QED) is 0.860. The molecular formula is C14H13Cl2NO3S. The largest absolute Gasteiger partial charge is 0.497 e. The van der Waals surface area contributed by atoms with E-state index in [2.05, 4.69) is 0 Å². The van der Waals surface area contributed by atoms with E-state index in [1.54, 1.807) is 18.2 Å². The third kappa shape index (κ3) is 3.81. The number of methoxy groups -OCH3 is 1. The second-order valence-corrected chi connectivity index (χ2v) is 7.25.